The van der Waals surface area contributed by atoms with Crippen molar-refractivity contribution in [3.63, 3.8) is 0 Å². The highest BCUT2D eigenvalue weighted by molar-refractivity contribution is 4.91. The van der Waals surface area contributed by atoms with E-state index in [2.05, 4.69) is 20.8 Å². The SMILES string of the molecule is CC(C)CC(C)C1(O)CCC1. The van der Waals surface area contributed by atoms with E-state index in [0.717, 1.165) is 25.2 Å². The molecule has 1 N–H and O–H groups in total. The summed E-state index contributed by atoms with van der Waals surface area (Å²) in [7, 11) is 0. The van der Waals surface area contributed by atoms with E-state index in [-0.39, 0.29) is 5.60 Å². The van der Waals surface area contributed by atoms with Gasteiger partial charge in [-0.2, -0.15) is 0 Å². The van der Waals surface area contributed by atoms with E-state index in [4.69, 9.17) is 0 Å². The third-order valence-electron chi connectivity index (χ3n) is 2.96. The predicted molar refractivity (Wildman–Crippen MR) is 47.4 cm³/mol. The van der Waals surface area contributed by atoms with Crippen LogP contribution in [0.25, 0.3) is 0 Å². The fraction of sp³-hybridized carbons (Fsp3) is 1.00. The molecule has 1 saturated carbocycles. The quantitative estimate of drug-likeness (QED) is 0.666. The van der Waals surface area contributed by atoms with Crippen LogP contribution >= 0.6 is 0 Å². The predicted octanol–water partition coefficient (Wildman–Crippen LogP) is 2.58. The Hall–Kier alpha value is -0.0400. The minimum absolute atomic E-state index is 0.287. The molecule has 1 fully saturated rings. The van der Waals surface area contributed by atoms with Gasteiger partial charge < -0.3 is 5.11 Å². The van der Waals surface area contributed by atoms with Crippen LogP contribution in [-0.4, -0.2) is 10.7 Å². The topological polar surface area (TPSA) is 20.2 Å². The maximum Gasteiger partial charge on any atom is 0.0673 e. The van der Waals surface area contributed by atoms with Crippen LogP contribution < -0.4 is 0 Å². The minimum Gasteiger partial charge on any atom is -0.390 e. The molecule has 0 saturated heterocycles. The Labute approximate surface area is 69.8 Å². The van der Waals surface area contributed by atoms with Crippen molar-refractivity contribution in [1.29, 1.82) is 0 Å². The Bertz CT molecular complexity index is 125. The third-order valence-corrected chi connectivity index (χ3v) is 2.96. The second-order valence-corrected chi connectivity index (χ2v) is 4.49. The lowest BCUT2D eigenvalue weighted by atomic mass is 9.69. The molecule has 0 aliphatic heterocycles. The molecule has 1 aliphatic rings. The van der Waals surface area contributed by atoms with Gasteiger partial charge in [-0.25, -0.2) is 0 Å². The molecular formula is C10H20O. The molecule has 1 aliphatic carbocycles. The summed E-state index contributed by atoms with van der Waals surface area (Å²) in [4.78, 5) is 0. The van der Waals surface area contributed by atoms with Crippen LogP contribution in [0.15, 0.2) is 0 Å². The molecule has 1 nitrogen and oxygen atoms in total. The van der Waals surface area contributed by atoms with E-state index < -0.39 is 0 Å². The molecule has 66 valence electrons. The fourth-order valence-corrected chi connectivity index (χ4v) is 1.96. The first-order valence-corrected chi connectivity index (χ1v) is 4.77. The lowest BCUT2D eigenvalue weighted by Crippen LogP contribution is -2.43. The highest BCUT2D eigenvalue weighted by Crippen LogP contribution is 2.40. The molecule has 11 heavy (non-hydrogen) atoms. The van der Waals surface area contributed by atoms with Gasteiger partial charge in [0.05, 0.1) is 5.60 Å². The highest BCUT2D eigenvalue weighted by Gasteiger charge is 2.39. The fourth-order valence-electron chi connectivity index (χ4n) is 1.96. The summed E-state index contributed by atoms with van der Waals surface area (Å²) in [6.45, 7) is 6.62. The van der Waals surface area contributed by atoms with Crippen molar-refractivity contribution < 1.29 is 5.11 Å². The van der Waals surface area contributed by atoms with E-state index in [1.807, 2.05) is 0 Å². The third kappa shape index (κ3) is 1.96. The second-order valence-electron chi connectivity index (χ2n) is 4.49. The molecule has 0 aromatic rings. The van der Waals surface area contributed by atoms with Crippen molar-refractivity contribution in [3.8, 4) is 0 Å². The van der Waals surface area contributed by atoms with E-state index in [9.17, 15) is 5.11 Å². The summed E-state index contributed by atoms with van der Waals surface area (Å²) in [5.41, 5.74) is -0.287. The van der Waals surface area contributed by atoms with Gasteiger partial charge in [-0.05, 0) is 37.5 Å². The lowest BCUT2D eigenvalue weighted by Gasteiger charge is -2.42. The molecule has 0 heterocycles. The minimum atomic E-state index is -0.287. The average Bonchev–Trinajstić information content (AvgIpc) is 1.81. The zero-order chi connectivity index (χ0) is 8.48. The van der Waals surface area contributed by atoms with Crippen LogP contribution in [-0.2, 0) is 0 Å². The molecule has 1 atom stereocenters. The van der Waals surface area contributed by atoms with Crippen LogP contribution in [0.4, 0.5) is 0 Å². The molecular weight excluding hydrogens is 136 g/mol. The Morgan fingerprint density at radius 1 is 1.27 bits per heavy atom. The van der Waals surface area contributed by atoms with Crippen molar-refractivity contribution in [2.24, 2.45) is 11.8 Å². The summed E-state index contributed by atoms with van der Waals surface area (Å²) in [6, 6.07) is 0. The zero-order valence-electron chi connectivity index (χ0n) is 7.93. The van der Waals surface area contributed by atoms with Crippen molar-refractivity contribution in [2.45, 2.75) is 52.1 Å². The van der Waals surface area contributed by atoms with Crippen LogP contribution in [0.2, 0.25) is 0 Å². The Morgan fingerprint density at radius 2 is 1.82 bits per heavy atom. The van der Waals surface area contributed by atoms with Gasteiger partial charge in [-0.15, -0.1) is 0 Å². The first-order chi connectivity index (χ1) is 5.04. The van der Waals surface area contributed by atoms with Crippen LogP contribution in [0.1, 0.15) is 46.5 Å². The number of hydrogen-bond acceptors (Lipinski definition) is 1. The van der Waals surface area contributed by atoms with Crippen LogP contribution in [0.5, 0.6) is 0 Å². The van der Waals surface area contributed by atoms with Gasteiger partial charge in [0.2, 0.25) is 0 Å². The molecule has 0 amide bonds. The summed E-state index contributed by atoms with van der Waals surface area (Å²) >= 11 is 0. The van der Waals surface area contributed by atoms with Gasteiger partial charge in [0.25, 0.3) is 0 Å². The summed E-state index contributed by atoms with van der Waals surface area (Å²) in [5, 5.41) is 9.93. The average molecular weight is 156 g/mol. The maximum atomic E-state index is 9.93. The molecule has 0 aromatic heterocycles. The second kappa shape index (κ2) is 3.14. The van der Waals surface area contributed by atoms with Gasteiger partial charge in [0.15, 0.2) is 0 Å². The molecule has 0 bridgehead atoms. The van der Waals surface area contributed by atoms with E-state index in [0.29, 0.717) is 5.92 Å². The lowest BCUT2D eigenvalue weighted by molar-refractivity contribution is -0.0830. The monoisotopic (exact) mass is 156 g/mol. The Morgan fingerprint density at radius 3 is 2.09 bits per heavy atom. The Kier molecular flexibility index (Phi) is 2.58. The van der Waals surface area contributed by atoms with Gasteiger partial charge in [-0.3, -0.25) is 0 Å². The van der Waals surface area contributed by atoms with Crippen LogP contribution in [0, 0.1) is 11.8 Å². The number of rotatable bonds is 3. The molecule has 0 radical (unpaired) electrons. The smallest absolute Gasteiger partial charge is 0.0673 e. The summed E-state index contributed by atoms with van der Waals surface area (Å²) in [6.07, 6.45) is 4.44. The first kappa shape index (κ1) is 9.05. The number of aliphatic hydroxyl groups is 1. The molecule has 0 aromatic carbocycles. The zero-order valence-corrected chi connectivity index (χ0v) is 7.93. The van der Waals surface area contributed by atoms with E-state index in [1.165, 1.54) is 6.42 Å². The highest BCUT2D eigenvalue weighted by atomic mass is 16.3. The standard InChI is InChI=1S/C10H20O/c1-8(2)7-9(3)10(11)5-4-6-10/h8-9,11H,4-7H2,1-3H3. The normalized spacial score (nSPS) is 24.8. The van der Waals surface area contributed by atoms with Crippen molar-refractivity contribution in [3.05, 3.63) is 0 Å². The Balaban J connectivity index is 2.34. The van der Waals surface area contributed by atoms with Crippen molar-refractivity contribution in [2.75, 3.05) is 0 Å². The van der Waals surface area contributed by atoms with E-state index in [1.54, 1.807) is 0 Å². The van der Waals surface area contributed by atoms with Gasteiger partial charge in [0.1, 0.15) is 0 Å². The molecule has 1 rings (SSSR count). The van der Waals surface area contributed by atoms with Crippen LogP contribution in [0.3, 0.4) is 0 Å². The summed E-state index contributed by atoms with van der Waals surface area (Å²) in [5.74, 6) is 1.21. The van der Waals surface area contributed by atoms with Crippen molar-refractivity contribution in [1.82, 2.24) is 0 Å². The van der Waals surface area contributed by atoms with E-state index >= 15 is 0 Å². The molecule has 1 unspecified atom stereocenters. The first-order valence-electron chi connectivity index (χ1n) is 4.77. The largest absolute Gasteiger partial charge is 0.390 e. The number of hydrogen-bond donors (Lipinski definition) is 1. The molecule has 1 heteroatoms. The summed E-state index contributed by atoms with van der Waals surface area (Å²) < 4.78 is 0. The maximum absolute atomic E-state index is 9.93. The van der Waals surface area contributed by atoms with Gasteiger partial charge in [0, 0.05) is 0 Å². The van der Waals surface area contributed by atoms with Gasteiger partial charge >= 0.3 is 0 Å². The molecule has 0 spiro atoms. The van der Waals surface area contributed by atoms with Gasteiger partial charge in [-0.1, -0.05) is 20.8 Å². The van der Waals surface area contributed by atoms with Crippen molar-refractivity contribution >= 4 is 0 Å².